The van der Waals surface area contributed by atoms with Crippen LogP contribution in [0.5, 0.6) is 0 Å². The Kier molecular flexibility index (Phi) is 7.88. The fourth-order valence-electron chi connectivity index (χ4n) is 4.52. The number of aliphatic carboxylic acids is 1. The third-order valence-corrected chi connectivity index (χ3v) is 7.23. The van der Waals surface area contributed by atoms with Gasteiger partial charge in [-0.1, -0.05) is 55.5 Å². The molecule has 0 saturated heterocycles. The monoisotopic (exact) mass is 480 g/mol. The van der Waals surface area contributed by atoms with Crippen LogP contribution in [0.4, 0.5) is 4.79 Å². The molecule has 35 heavy (non-hydrogen) atoms. The first-order valence-electron chi connectivity index (χ1n) is 12.1. The number of fused-ring (bicyclic) bond motifs is 3. The third-order valence-electron chi connectivity index (χ3n) is 7.23. The zero-order valence-electron chi connectivity index (χ0n) is 21.3. The van der Waals surface area contributed by atoms with Crippen LogP contribution in [0.3, 0.4) is 0 Å². The summed E-state index contributed by atoms with van der Waals surface area (Å²) in [6.07, 6.45) is -0.00527. The molecule has 7 heteroatoms. The summed E-state index contributed by atoms with van der Waals surface area (Å²) >= 11 is 0. The highest BCUT2D eigenvalue weighted by atomic mass is 16.5. The lowest BCUT2D eigenvalue weighted by atomic mass is 9.73. The molecule has 0 spiro atoms. The number of carboxylic acid groups (broad SMARTS) is 1. The average molecular weight is 481 g/mol. The summed E-state index contributed by atoms with van der Waals surface area (Å²) in [5.41, 5.74) is 2.63. The van der Waals surface area contributed by atoms with Crippen molar-refractivity contribution in [3.8, 4) is 11.1 Å². The first-order chi connectivity index (χ1) is 16.5. The van der Waals surface area contributed by atoms with Crippen LogP contribution in [0, 0.1) is 5.41 Å². The van der Waals surface area contributed by atoms with Gasteiger partial charge in [0.05, 0.1) is 17.4 Å². The van der Waals surface area contributed by atoms with Gasteiger partial charge in [0.2, 0.25) is 5.91 Å². The van der Waals surface area contributed by atoms with Crippen molar-refractivity contribution in [1.82, 2.24) is 10.2 Å². The minimum Gasteiger partial charge on any atom is -0.481 e. The maximum absolute atomic E-state index is 13.4. The molecule has 0 atom stereocenters. The molecule has 7 nitrogen and oxygen atoms in total. The standard InChI is InChI=1S/C28H36N2O5/c1-6-16-30(17-15-24(31)32)25(33)27(2,3)28(4,5)29-26(34)35-18-23-21-13-9-7-11-19(21)20-12-8-10-14-22(20)23/h7-14,23H,6,15-18H2,1-5H3,(H,29,34)(H,31,32). The molecule has 0 heterocycles. The Hall–Kier alpha value is -3.35. The molecular weight excluding hydrogens is 444 g/mol. The molecule has 1 aliphatic rings. The van der Waals surface area contributed by atoms with Gasteiger partial charge in [0, 0.05) is 19.0 Å². The average Bonchev–Trinajstić information content (AvgIpc) is 3.13. The molecule has 0 unspecified atom stereocenters. The Morgan fingerprint density at radius 2 is 1.49 bits per heavy atom. The Balaban J connectivity index is 1.69. The van der Waals surface area contributed by atoms with Gasteiger partial charge in [-0.3, -0.25) is 9.59 Å². The molecule has 0 aromatic heterocycles. The predicted octanol–water partition coefficient (Wildman–Crippen LogP) is 5.04. The van der Waals surface area contributed by atoms with Crippen molar-refractivity contribution in [2.24, 2.45) is 5.41 Å². The second-order valence-corrected chi connectivity index (χ2v) is 10.1. The number of alkyl carbamates (subject to hydrolysis) is 1. The Bertz CT molecular complexity index is 1050. The number of rotatable bonds is 10. The van der Waals surface area contributed by atoms with Crippen molar-refractivity contribution < 1.29 is 24.2 Å². The Morgan fingerprint density at radius 3 is 2.00 bits per heavy atom. The predicted molar refractivity (Wildman–Crippen MR) is 135 cm³/mol. The van der Waals surface area contributed by atoms with Crippen LogP contribution in [0.1, 0.15) is 64.5 Å². The summed E-state index contributed by atoms with van der Waals surface area (Å²) in [5.74, 6) is -1.21. The number of hydrogen-bond donors (Lipinski definition) is 2. The van der Waals surface area contributed by atoms with Crippen LogP contribution >= 0.6 is 0 Å². The van der Waals surface area contributed by atoms with Gasteiger partial charge in [0.1, 0.15) is 6.61 Å². The Morgan fingerprint density at radius 1 is 0.943 bits per heavy atom. The zero-order valence-corrected chi connectivity index (χ0v) is 21.3. The maximum atomic E-state index is 13.4. The van der Waals surface area contributed by atoms with E-state index in [1.807, 2.05) is 31.2 Å². The number of nitrogens with zero attached hydrogens (tertiary/aromatic N) is 1. The topological polar surface area (TPSA) is 95.9 Å². The molecule has 2 N–H and O–H groups in total. The van der Waals surface area contributed by atoms with Crippen molar-refractivity contribution in [3.63, 3.8) is 0 Å². The van der Waals surface area contributed by atoms with E-state index in [-0.39, 0.29) is 31.4 Å². The number of ether oxygens (including phenoxy) is 1. The lowest BCUT2D eigenvalue weighted by Crippen LogP contribution is -2.60. The minimum absolute atomic E-state index is 0.0537. The van der Waals surface area contributed by atoms with Gasteiger partial charge >= 0.3 is 12.1 Å². The molecule has 2 amide bonds. The van der Waals surface area contributed by atoms with Crippen molar-refractivity contribution in [2.75, 3.05) is 19.7 Å². The highest BCUT2D eigenvalue weighted by Crippen LogP contribution is 2.44. The second-order valence-electron chi connectivity index (χ2n) is 10.1. The van der Waals surface area contributed by atoms with Crippen molar-refractivity contribution in [1.29, 1.82) is 0 Å². The van der Waals surface area contributed by atoms with E-state index >= 15 is 0 Å². The molecule has 0 radical (unpaired) electrons. The molecule has 3 rings (SSSR count). The number of hydrogen-bond acceptors (Lipinski definition) is 4. The molecule has 0 bridgehead atoms. The number of benzene rings is 2. The summed E-state index contributed by atoms with van der Waals surface area (Å²) in [7, 11) is 0. The zero-order chi connectivity index (χ0) is 25.8. The quantitative estimate of drug-likeness (QED) is 0.496. The van der Waals surface area contributed by atoms with E-state index < -0.39 is 23.0 Å². The fourth-order valence-corrected chi connectivity index (χ4v) is 4.52. The van der Waals surface area contributed by atoms with Crippen molar-refractivity contribution in [2.45, 2.75) is 58.9 Å². The highest BCUT2D eigenvalue weighted by molar-refractivity contribution is 5.85. The minimum atomic E-state index is -0.994. The lowest BCUT2D eigenvalue weighted by Gasteiger charge is -2.43. The molecule has 0 aliphatic heterocycles. The summed E-state index contributed by atoms with van der Waals surface area (Å²) in [5, 5.41) is 11.9. The van der Waals surface area contributed by atoms with Crippen LogP contribution in [-0.2, 0) is 14.3 Å². The number of nitrogens with one attached hydrogen (secondary N) is 1. The largest absolute Gasteiger partial charge is 0.481 e. The summed E-state index contributed by atoms with van der Waals surface area (Å²) in [4.78, 5) is 38.9. The first kappa shape index (κ1) is 26.3. The van der Waals surface area contributed by atoms with E-state index in [0.717, 1.165) is 22.3 Å². The number of carbonyl (C=O) groups excluding carboxylic acids is 2. The first-order valence-corrected chi connectivity index (χ1v) is 12.1. The van der Waals surface area contributed by atoms with Gasteiger partial charge in [-0.15, -0.1) is 0 Å². The molecule has 188 valence electrons. The maximum Gasteiger partial charge on any atom is 0.407 e. The smallest absolute Gasteiger partial charge is 0.407 e. The van der Waals surface area contributed by atoms with Crippen molar-refractivity contribution >= 4 is 18.0 Å². The van der Waals surface area contributed by atoms with Gasteiger partial charge in [-0.25, -0.2) is 4.79 Å². The van der Waals surface area contributed by atoms with Crippen LogP contribution in [-0.4, -0.2) is 53.2 Å². The number of carbonyl (C=O) groups is 3. The van der Waals surface area contributed by atoms with E-state index in [9.17, 15) is 14.4 Å². The van der Waals surface area contributed by atoms with E-state index in [1.165, 1.54) is 0 Å². The second kappa shape index (κ2) is 10.5. The number of amides is 2. The van der Waals surface area contributed by atoms with Gasteiger partial charge < -0.3 is 20.1 Å². The molecule has 2 aromatic carbocycles. The molecule has 2 aromatic rings. The fraction of sp³-hybridized carbons (Fsp3) is 0.464. The van der Waals surface area contributed by atoms with Gasteiger partial charge in [-0.05, 0) is 56.4 Å². The van der Waals surface area contributed by atoms with E-state index in [2.05, 4.69) is 29.6 Å². The molecular formula is C28H36N2O5. The van der Waals surface area contributed by atoms with Crippen LogP contribution in [0.15, 0.2) is 48.5 Å². The van der Waals surface area contributed by atoms with E-state index in [0.29, 0.717) is 13.0 Å². The molecule has 0 saturated carbocycles. The summed E-state index contributed by atoms with van der Waals surface area (Å²) < 4.78 is 5.68. The van der Waals surface area contributed by atoms with E-state index in [4.69, 9.17) is 9.84 Å². The SMILES string of the molecule is CCCN(CCC(=O)O)C(=O)C(C)(C)C(C)(C)NC(=O)OCC1c2ccccc2-c2ccccc21. The summed E-state index contributed by atoms with van der Waals surface area (Å²) in [6, 6.07) is 16.3. The number of carboxylic acids is 1. The van der Waals surface area contributed by atoms with Crippen LogP contribution in [0.2, 0.25) is 0 Å². The third kappa shape index (κ3) is 5.50. The van der Waals surface area contributed by atoms with Gasteiger partial charge in [-0.2, -0.15) is 0 Å². The van der Waals surface area contributed by atoms with Gasteiger partial charge in [0.15, 0.2) is 0 Å². The normalized spacial score (nSPS) is 13.1. The van der Waals surface area contributed by atoms with E-state index in [1.54, 1.807) is 32.6 Å². The van der Waals surface area contributed by atoms with Crippen LogP contribution in [0.25, 0.3) is 11.1 Å². The van der Waals surface area contributed by atoms with Crippen molar-refractivity contribution in [3.05, 3.63) is 59.7 Å². The van der Waals surface area contributed by atoms with Gasteiger partial charge in [0.25, 0.3) is 0 Å². The highest BCUT2D eigenvalue weighted by Gasteiger charge is 2.46. The lowest BCUT2D eigenvalue weighted by molar-refractivity contribution is -0.145. The Labute approximate surface area is 207 Å². The summed E-state index contributed by atoms with van der Waals surface area (Å²) in [6.45, 7) is 9.81. The molecule has 1 aliphatic carbocycles. The molecule has 0 fully saturated rings. The van der Waals surface area contributed by atoms with Crippen LogP contribution < -0.4 is 5.32 Å².